The zero-order chi connectivity index (χ0) is 12.8. The van der Waals surface area contributed by atoms with E-state index in [9.17, 15) is 4.79 Å². The van der Waals surface area contributed by atoms with Crippen molar-refractivity contribution >= 4 is 5.91 Å². The van der Waals surface area contributed by atoms with E-state index < -0.39 is 5.60 Å². The molecule has 0 heterocycles. The van der Waals surface area contributed by atoms with Gasteiger partial charge in [0, 0.05) is 33.9 Å². The van der Waals surface area contributed by atoms with Crippen LogP contribution in [0.4, 0.5) is 0 Å². The highest BCUT2D eigenvalue weighted by Gasteiger charge is 2.23. The number of likely N-dealkylation sites (N-methyl/N-ethyl adjacent to an activating group) is 1. The van der Waals surface area contributed by atoms with Gasteiger partial charge in [-0.05, 0) is 13.8 Å². The Balaban J connectivity index is 4.09. The summed E-state index contributed by atoms with van der Waals surface area (Å²) >= 11 is 0. The standard InChI is InChI=1S/C11H24N2O3/c1-11(2,16-5)6-10(14)13(3)7-9(12)8-15-4/h9H,6-8,12H2,1-5H3. The highest BCUT2D eigenvalue weighted by molar-refractivity contribution is 5.76. The maximum absolute atomic E-state index is 11.8. The predicted molar refractivity (Wildman–Crippen MR) is 63.2 cm³/mol. The van der Waals surface area contributed by atoms with Crippen LogP contribution in [-0.2, 0) is 14.3 Å². The van der Waals surface area contributed by atoms with Gasteiger partial charge in [-0.15, -0.1) is 0 Å². The summed E-state index contributed by atoms with van der Waals surface area (Å²) in [6, 6.07) is -0.149. The number of ether oxygens (including phenoxy) is 2. The van der Waals surface area contributed by atoms with E-state index in [4.69, 9.17) is 15.2 Å². The largest absolute Gasteiger partial charge is 0.383 e. The zero-order valence-electron chi connectivity index (χ0n) is 10.9. The molecule has 0 aromatic carbocycles. The first kappa shape index (κ1) is 15.3. The number of hydrogen-bond acceptors (Lipinski definition) is 4. The van der Waals surface area contributed by atoms with Crippen molar-refractivity contribution in [3.05, 3.63) is 0 Å². The zero-order valence-corrected chi connectivity index (χ0v) is 10.9. The Morgan fingerprint density at radius 3 is 2.44 bits per heavy atom. The first-order valence-corrected chi connectivity index (χ1v) is 5.36. The van der Waals surface area contributed by atoms with Crippen LogP contribution >= 0.6 is 0 Å². The second kappa shape index (κ2) is 6.83. The average Bonchev–Trinajstić information content (AvgIpc) is 2.17. The van der Waals surface area contributed by atoms with Crippen LogP contribution in [0, 0.1) is 0 Å². The third kappa shape index (κ3) is 6.05. The number of hydrogen-bond donors (Lipinski definition) is 1. The maximum atomic E-state index is 11.8. The highest BCUT2D eigenvalue weighted by atomic mass is 16.5. The van der Waals surface area contributed by atoms with Gasteiger partial charge in [0.15, 0.2) is 0 Å². The Morgan fingerprint density at radius 2 is 2.00 bits per heavy atom. The van der Waals surface area contributed by atoms with E-state index in [-0.39, 0.29) is 11.9 Å². The number of carbonyl (C=O) groups excluding carboxylic acids is 1. The van der Waals surface area contributed by atoms with Gasteiger partial charge in [0.2, 0.25) is 5.91 Å². The molecule has 0 aliphatic heterocycles. The molecule has 0 aliphatic rings. The number of nitrogens with zero attached hydrogens (tertiary/aromatic N) is 1. The van der Waals surface area contributed by atoms with Gasteiger partial charge in [0.1, 0.15) is 0 Å². The second-order valence-electron chi connectivity index (χ2n) is 4.63. The summed E-state index contributed by atoms with van der Waals surface area (Å²) in [6.07, 6.45) is 0.347. The second-order valence-corrected chi connectivity index (χ2v) is 4.63. The molecule has 0 radical (unpaired) electrons. The van der Waals surface area contributed by atoms with Crippen LogP contribution in [0.1, 0.15) is 20.3 Å². The van der Waals surface area contributed by atoms with Gasteiger partial charge in [0.25, 0.3) is 0 Å². The Labute approximate surface area is 97.9 Å². The monoisotopic (exact) mass is 232 g/mol. The summed E-state index contributed by atoms with van der Waals surface area (Å²) in [7, 11) is 4.93. The first-order valence-electron chi connectivity index (χ1n) is 5.36. The normalized spacial score (nSPS) is 13.6. The van der Waals surface area contributed by atoms with Gasteiger partial charge in [-0.25, -0.2) is 0 Å². The van der Waals surface area contributed by atoms with E-state index in [0.717, 1.165) is 0 Å². The molecule has 0 bridgehead atoms. The van der Waals surface area contributed by atoms with Crippen molar-refractivity contribution in [1.29, 1.82) is 0 Å². The molecule has 0 spiro atoms. The molecule has 1 unspecified atom stereocenters. The summed E-state index contributed by atoms with van der Waals surface area (Å²) in [6.45, 7) is 4.71. The van der Waals surface area contributed by atoms with Crippen molar-refractivity contribution in [2.45, 2.75) is 31.9 Å². The molecule has 5 nitrogen and oxygen atoms in total. The van der Waals surface area contributed by atoms with Crippen LogP contribution in [0.3, 0.4) is 0 Å². The van der Waals surface area contributed by atoms with Crippen molar-refractivity contribution in [3.8, 4) is 0 Å². The van der Waals surface area contributed by atoms with Gasteiger partial charge >= 0.3 is 0 Å². The molecule has 0 saturated carbocycles. The first-order chi connectivity index (χ1) is 7.32. The molecule has 0 aromatic heterocycles. The Morgan fingerprint density at radius 1 is 1.44 bits per heavy atom. The van der Waals surface area contributed by atoms with Gasteiger partial charge < -0.3 is 20.1 Å². The van der Waals surface area contributed by atoms with Crippen LogP contribution in [-0.4, -0.2) is 56.9 Å². The lowest BCUT2D eigenvalue weighted by Gasteiger charge is -2.27. The van der Waals surface area contributed by atoms with Crippen molar-refractivity contribution in [1.82, 2.24) is 4.90 Å². The third-order valence-electron chi connectivity index (χ3n) is 2.44. The van der Waals surface area contributed by atoms with Gasteiger partial charge in [-0.2, -0.15) is 0 Å². The van der Waals surface area contributed by atoms with Crippen LogP contribution in [0.25, 0.3) is 0 Å². The maximum Gasteiger partial charge on any atom is 0.225 e. The summed E-state index contributed by atoms with van der Waals surface area (Å²) in [5, 5.41) is 0. The van der Waals surface area contributed by atoms with Gasteiger partial charge in [0.05, 0.1) is 18.6 Å². The van der Waals surface area contributed by atoms with E-state index >= 15 is 0 Å². The lowest BCUT2D eigenvalue weighted by Crippen LogP contribution is -2.43. The Bertz CT molecular complexity index is 219. The molecule has 2 N–H and O–H groups in total. The summed E-state index contributed by atoms with van der Waals surface area (Å²) in [5.41, 5.74) is 5.34. The topological polar surface area (TPSA) is 64.8 Å². The van der Waals surface area contributed by atoms with Crippen molar-refractivity contribution in [3.63, 3.8) is 0 Å². The lowest BCUT2D eigenvalue weighted by molar-refractivity contribution is -0.135. The Hall–Kier alpha value is -0.650. The molecule has 0 aliphatic carbocycles. The quantitative estimate of drug-likeness (QED) is 0.682. The molecular formula is C11H24N2O3. The minimum Gasteiger partial charge on any atom is -0.383 e. The number of rotatable bonds is 7. The molecule has 0 aromatic rings. The number of amides is 1. The molecule has 5 heteroatoms. The van der Waals surface area contributed by atoms with Gasteiger partial charge in [-0.1, -0.05) is 0 Å². The molecule has 0 fully saturated rings. The van der Waals surface area contributed by atoms with Crippen LogP contribution in [0.5, 0.6) is 0 Å². The SMILES string of the molecule is COCC(N)CN(C)C(=O)CC(C)(C)OC. The Kier molecular flexibility index (Phi) is 6.55. The average molecular weight is 232 g/mol. The third-order valence-corrected chi connectivity index (χ3v) is 2.44. The molecular weight excluding hydrogens is 208 g/mol. The fraction of sp³-hybridized carbons (Fsp3) is 0.909. The molecule has 16 heavy (non-hydrogen) atoms. The molecule has 0 rings (SSSR count). The van der Waals surface area contributed by atoms with Crippen LogP contribution in [0.2, 0.25) is 0 Å². The minimum absolute atomic E-state index is 0.0263. The smallest absolute Gasteiger partial charge is 0.225 e. The van der Waals surface area contributed by atoms with Crippen LogP contribution in [0.15, 0.2) is 0 Å². The van der Waals surface area contributed by atoms with Gasteiger partial charge in [-0.3, -0.25) is 4.79 Å². The minimum atomic E-state index is -0.434. The number of nitrogens with two attached hydrogens (primary N) is 1. The van der Waals surface area contributed by atoms with E-state index in [1.807, 2.05) is 13.8 Å². The highest BCUT2D eigenvalue weighted by Crippen LogP contribution is 2.14. The van der Waals surface area contributed by atoms with Crippen molar-refractivity contribution < 1.29 is 14.3 Å². The van der Waals surface area contributed by atoms with E-state index in [2.05, 4.69) is 0 Å². The number of carbonyl (C=O) groups is 1. The molecule has 96 valence electrons. The lowest BCUT2D eigenvalue weighted by atomic mass is 10.0. The van der Waals surface area contributed by atoms with E-state index in [0.29, 0.717) is 19.6 Å². The van der Waals surface area contributed by atoms with Crippen molar-refractivity contribution in [2.24, 2.45) is 5.73 Å². The predicted octanol–water partition coefficient (Wildman–Crippen LogP) is 0.234. The summed E-state index contributed by atoms with van der Waals surface area (Å²) in [4.78, 5) is 13.4. The van der Waals surface area contributed by atoms with E-state index in [1.165, 1.54) is 0 Å². The van der Waals surface area contributed by atoms with Crippen LogP contribution < -0.4 is 5.73 Å². The molecule has 0 saturated heterocycles. The fourth-order valence-electron chi connectivity index (χ4n) is 1.29. The molecule has 1 amide bonds. The summed E-state index contributed by atoms with van der Waals surface area (Å²) < 4.78 is 10.1. The molecule has 1 atom stereocenters. The fourth-order valence-corrected chi connectivity index (χ4v) is 1.29. The number of methoxy groups -OCH3 is 2. The van der Waals surface area contributed by atoms with E-state index in [1.54, 1.807) is 26.2 Å². The van der Waals surface area contributed by atoms with Crippen molar-refractivity contribution in [2.75, 3.05) is 34.4 Å². The summed E-state index contributed by atoms with van der Waals surface area (Å²) in [5.74, 6) is 0.0263.